The first-order valence-electron chi connectivity index (χ1n) is 9.83. The number of amides is 1. The zero-order valence-electron chi connectivity index (χ0n) is 19.0. The van der Waals surface area contributed by atoms with Gasteiger partial charge in [-0.05, 0) is 62.2 Å². The molecule has 0 radical (unpaired) electrons. The first-order chi connectivity index (χ1) is 14.8. The molecule has 0 unspecified atom stereocenters. The molecule has 0 saturated heterocycles. The number of hydrogen-bond acceptors (Lipinski definition) is 6. The molecule has 0 aliphatic carbocycles. The van der Waals surface area contributed by atoms with Crippen molar-refractivity contribution in [2.45, 2.75) is 30.6 Å². The molecule has 11 heteroatoms. The van der Waals surface area contributed by atoms with Gasteiger partial charge in [0.25, 0.3) is 0 Å². The summed E-state index contributed by atoms with van der Waals surface area (Å²) in [4.78, 5) is 12.6. The van der Waals surface area contributed by atoms with Crippen molar-refractivity contribution >= 4 is 31.6 Å². The number of carbonyl (C=O) groups excluding carboxylic acids is 1. The monoisotopic (exact) mass is 483 g/mol. The number of benzene rings is 2. The van der Waals surface area contributed by atoms with Crippen LogP contribution >= 0.6 is 0 Å². The largest absolute Gasteiger partial charge is 0.494 e. The van der Waals surface area contributed by atoms with Crippen molar-refractivity contribution in [1.29, 1.82) is 0 Å². The highest BCUT2D eigenvalue weighted by molar-refractivity contribution is 7.89. The van der Waals surface area contributed by atoms with E-state index in [1.54, 1.807) is 26.0 Å². The highest BCUT2D eigenvalue weighted by Gasteiger charge is 2.24. The molecule has 0 bridgehead atoms. The van der Waals surface area contributed by atoms with E-state index in [2.05, 4.69) is 5.32 Å². The summed E-state index contributed by atoms with van der Waals surface area (Å²) in [6.07, 6.45) is 0. The van der Waals surface area contributed by atoms with Gasteiger partial charge in [0.1, 0.15) is 5.75 Å². The number of rotatable bonds is 9. The molecule has 2 aromatic rings. The standard InChI is InChI=1S/C21H29N3O6S2/c1-7-30-20-11-10-17(12-16(20)3)32(28,29)24(6)14-21(25)22-19-13-18(9-8-15(19)2)31(26,27)23(4)5/h8-13H,7,14H2,1-6H3,(H,22,25). The number of sulfonamides is 2. The second kappa shape index (κ2) is 9.99. The highest BCUT2D eigenvalue weighted by atomic mass is 32.2. The Hall–Kier alpha value is -2.47. The predicted octanol–water partition coefficient (Wildman–Crippen LogP) is 2.21. The smallest absolute Gasteiger partial charge is 0.243 e. The van der Waals surface area contributed by atoms with Crippen LogP contribution in [0.3, 0.4) is 0 Å². The van der Waals surface area contributed by atoms with Gasteiger partial charge in [-0.3, -0.25) is 4.79 Å². The minimum Gasteiger partial charge on any atom is -0.494 e. The van der Waals surface area contributed by atoms with Crippen molar-refractivity contribution in [2.75, 3.05) is 39.6 Å². The van der Waals surface area contributed by atoms with E-state index in [9.17, 15) is 21.6 Å². The third-order valence-electron chi connectivity index (χ3n) is 4.78. The quantitative estimate of drug-likeness (QED) is 0.585. The molecule has 1 amide bonds. The first kappa shape index (κ1) is 25.8. The zero-order valence-corrected chi connectivity index (χ0v) is 20.7. The Morgan fingerprint density at radius 1 is 0.906 bits per heavy atom. The fourth-order valence-electron chi connectivity index (χ4n) is 2.86. The van der Waals surface area contributed by atoms with Gasteiger partial charge in [-0.1, -0.05) is 6.07 Å². The van der Waals surface area contributed by atoms with Crippen molar-refractivity contribution in [1.82, 2.24) is 8.61 Å². The Bertz CT molecular complexity index is 1210. The molecule has 1 N–H and O–H groups in total. The van der Waals surface area contributed by atoms with E-state index in [-0.39, 0.29) is 9.79 Å². The lowest BCUT2D eigenvalue weighted by Gasteiger charge is -2.19. The summed E-state index contributed by atoms with van der Waals surface area (Å²) >= 11 is 0. The summed E-state index contributed by atoms with van der Waals surface area (Å²) in [6, 6.07) is 8.89. The number of hydrogen-bond donors (Lipinski definition) is 1. The minimum atomic E-state index is -3.92. The Morgan fingerprint density at radius 2 is 1.50 bits per heavy atom. The molecule has 0 spiro atoms. The van der Waals surface area contributed by atoms with Crippen LogP contribution in [0.2, 0.25) is 0 Å². The second-order valence-electron chi connectivity index (χ2n) is 7.43. The molecule has 0 fully saturated rings. The van der Waals surface area contributed by atoms with Gasteiger partial charge in [-0.25, -0.2) is 21.1 Å². The molecule has 0 aromatic heterocycles. The van der Waals surface area contributed by atoms with Crippen LogP contribution in [0, 0.1) is 13.8 Å². The second-order valence-corrected chi connectivity index (χ2v) is 11.6. The van der Waals surface area contributed by atoms with Crippen LogP contribution in [0.5, 0.6) is 5.75 Å². The lowest BCUT2D eigenvalue weighted by Crippen LogP contribution is -2.35. The molecular weight excluding hydrogens is 454 g/mol. The lowest BCUT2D eigenvalue weighted by molar-refractivity contribution is -0.116. The van der Waals surface area contributed by atoms with Gasteiger partial charge in [-0.15, -0.1) is 0 Å². The molecule has 0 saturated carbocycles. The highest BCUT2D eigenvalue weighted by Crippen LogP contribution is 2.24. The van der Waals surface area contributed by atoms with E-state index in [0.717, 1.165) is 8.61 Å². The third-order valence-corrected chi connectivity index (χ3v) is 8.39. The van der Waals surface area contributed by atoms with E-state index in [1.807, 2.05) is 6.92 Å². The summed E-state index contributed by atoms with van der Waals surface area (Å²) in [6.45, 7) is 5.31. The van der Waals surface area contributed by atoms with Gasteiger partial charge in [0.15, 0.2) is 0 Å². The summed E-state index contributed by atoms with van der Waals surface area (Å²) in [5.74, 6) is -0.00360. The molecule has 176 valence electrons. The summed E-state index contributed by atoms with van der Waals surface area (Å²) in [7, 11) is -3.47. The van der Waals surface area contributed by atoms with Gasteiger partial charge in [-0.2, -0.15) is 4.31 Å². The van der Waals surface area contributed by atoms with Crippen LogP contribution in [0.25, 0.3) is 0 Å². The van der Waals surface area contributed by atoms with E-state index in [0.29, 0.717) is 29.2 Å². The van der Waals surface area contributed by atoms with Crippen molar-refractivity contribution in [2.24, 2.45) is 0 Å². The Balaban J connectivity index is 2.20. The van der Waals surface area contributed by atoms with Crippen LogP contribution in [-0.2, 0) is 24.8 Å². The van der Waals surface area contributed by atoms with Crippen molar-refractivity contribution in [3.63, 3.8) is 0 Å². The van der Waals surface area contributed by atoms with Crippen LogP contribution in [0.4, 0.5) is 5.69 Å². The maximum Gasteiger partial charge on any atom is 0.243 e. The summed E-state index contributed by atoms with van der Waals surface area (Å²) < 4.78 is 57.9. The molecule has 0 heterocycles. The third kappa shape index (κ3) is 5.66. The van der Waals surface area contributed by atoms with Gasteiger partial charge >= 0.3 is 0 Å². The Kier molecular flexibility index (Phi) is 8.05. The Labute approximate surface area is 190 Å². The molecule has 0 atom stereocenters. The normalized spacial score (nSPS) is 12.2. The number of anilines is 1. The SMILES string of the molecule is CCOc1ccc(S(=O)(=O)N(C)CC(=O)Nc2cc(S(=O)(=O)N(C)C)ccc2C)cc1C. The predicted molar refractivity (Wildman–Crippen MR) is 123 cm³/mol. The van der Waals surface area contributed by atoms with Gasteiger partial charge in [0.2, 0.25) is 26.0 Å². The Morgan fingerprint density at radius 3 is 2.06 bits per heavy atom. The fraction of sp³-hybridized carbons (Fsp3) is 0.381. The maximum atomic E-state index is 12.9. The average Bonchev–Trinajstić information content (AvgIpc) is 2.70. The topological polar surface area (TPSA) is 113 Å². The molecule has 2 rings (SSSR count). The molecule has 0 aliphatic rings. The molecule has 2 aromatic carbocycles. The van der Waals surface area contributed by atoms with Crippen LogP contribution in [-0.4, -0.2) is 65.6 Å². The number of aryl methyl sites for hydroxylation is 2. The summed E-state index contributed by atoms with van der Waals surface area (Å²) in [5, 5.41) is 2.61. The molecule has 9 nitrogen and oxygen atoms in total. The number of nitrogens with one attached hydrogen (secondary N) is 1. The van der Waals surface area contributed by atoms with Crippen molar-refractivity contribution in [3.05, 3.63) is 47.5 Å². The number of carbonyl (C=O) groups is 1. The average molecular weight is 484 g/mol. The van der Waals surface area contributed by atoms with Gasteiger partial charge in [0, 0.05) is 26.8 Å². The van der Waals surface area contributed by atoms with E-state index in [1.165, 1.54) is 45.4 Å². The van der Waals surface area contributed by atoms with Crippen LogP contribution in [0.15, 0.2) is 46.2 Å². The van der Waals surface area contributed by atoms with E-state index >= 15 is 0 Å². The minimum absolute atomic E-state index is 0.0224. The van der Waals surface area contributed by atoms with Crippen LogP contribution < -0.4 is 10.1 Å². The van der Waals surface area contributed by atoms with Crippen LogP contribution in [0.1, 0.15) is 18.1 Å². The van der Waals surface area contributed by atoms with E-state index < -0.39 is 32.5 Å². The van der Waals surface area contributed by atoms with Gasteiger partial charge in [0.05, 0.1) is 22.9 Å². The van der Waals surface area contributed by atoms with E-state index in [4.69, 9.17) is 4.74 Å². The van der Waals surface area contributed by atoms with Crippen molar-refractivity contribution in [3.8, 4) is 5.75 Å². The first-order valence-corrected chi connectivity index (χ1v) is 12.7. The number of nitrogens with zero attached hydrogens (tertiary/aromatic N) is 2. The molecular formula is C21H29N3O6S2. The van der Waals surface area contributed by atoms with Crippen molar-refractivity contribution < 1.29 is 26.4 Å². The fourth-order valence-corrected chi connectivity index (χ4v) is 5.00. The zero-order chi connectivity index (χ0) is 24.3. The lowest BCUT2D eigenvalue weighted by atomic mass is 10.2. The molecule has 32 heavy (non-hydrogen) atoms. The molecule has 0 aliphatic heterocycles. The number of ether oxygens (including phenoxy) is 1. The maximum absolute atomic E-state index is 12.9. The number of likely N-dealkylation sites (N-methyl/N-ethyl adjacent to an activating group) is 1. The van der Waals surface area contributed by atoms with Gasteiger partial charge < -0.3 is 10.1 Å². The summed E-state index contributed by atoms with van der Waals surface area (Å²) in [5.41, 5.74) is 1.60.